The summed E-state index contributed by atoms with van der Waals surface area (Å²) in [6, 6.07) is 5.64. The van der Waals surface area contributed by atoms with E-state index in [1.54, 1.807) is 0 Å². The van der Waals surface area contributed by atoms with Gasteiger partial charge in [0.2, 0.25) is 0 Å². The molecule has 4 heteroatoms. The zero-order valence-corrected chi connectivity index (χ0v) is 13.2. The van der Waals surface area contributed by atoms with Crippen molar-refractivity contribution < 1.29 is 9.90 Å². The van der Waals surface area contributed by atoms with Gasteiger partial charge in [-0.25, -0.2) is 0 Å². The van der Waals surface area contributed by atoms with E-state index in [4.69, 9.17) is 0 Å². The number of amides is 1. The van der Waals surface area contributed by atoms with Gasteiger partial charge in [0.05, 0.1) is 6.10 Å². The van der Waals surface area contributed by atoms with Gasteiger partial charge in [-0.3, -0.25) is 4.79 Å². The lowest BCUT2D eigenvalue weighted by Gasteiger charge is -2.17. The number of nitrogens with one attached hydrogen (secondary N) is 2. The molecule has 1 aromatic carbocycles. The fourth-order valence-electron chi connectivity index (χ4n) is 2.38. The number of carbonyl (C=O) groups excluding carboxylic acids is 1. The highest BCUT2D eigenvalue weighted by Crippen LogP contribution is 2.22. The van der Waals surface area contributed by atoms with Crippen molar-refractivity contribution in [2.75, 3.05) is 6.54 Å². The Morgan fingerprint density at radius 1 is 1.38 bits per heavy atom. The van der Waals surface area contributed by atoms with E-state index in [1.807, 2.05) is 45.9 Å². The van der Waals surface area contributed by atoms with Crippen molar-refractivity contribution in [2.45, 2.75) is 40.2 Å². The maximum atomic E-state index is 12.2. The van der Waals surface area contributed by atoms with E-state index in [9.17, 15) is 9.90 Å². The van der Waals surface area contributed by atoms with Crippen LogP contribution in [-0.2, 0) is 0 Å². The number of aliphatic hydroxyl groups excluding tert-OH is 1. The predicted octanol–water partition coefficient (Wildman–Crippen LogP) is 2.92. The molecule has 1 heterocycles. The third-order valence-electron chi connectivity index (χ3n) is 4.34. The van der Waals surface area contributed by atoms with Crippen LogP contribution in [0.2, 0.25) is 0 Å². The van der Waals surface area contributed by atoms with Gasteiger partial charge in [0.1, 0.15) is 0 Å². The molecule has 21 heavy (non-hydrogen) atoms. The third kappa shape index (κ3) is 3.27. The minimum absolute atomic E-state index is 0.141. The zero-order valence-electron chi connectivity index (χ0n) is 13.2. The van der Waals surface area contributed by atoms with Gasteiger partial charge in [-0.1, -0.05) is 20.3 Å². The second-order valence-corrected chi connectivity index (χ2v) is 5.80. The summed E-state index contributed by atoms with van der Waals surface area (Å²) in [7, 11) is 0. The lowest BCUT2D eigenvalue weighted by Crippen LogP contribution is -2.35. The smallest absolute Gasteiger partial charge is 0.251 e. The normalized spacial score (nSPS) is 14.1. The Morgan fingerprint density at radius 2 is 2.10 bits per heavy atom. The number of aromatic amines is 1. The van der Waals surface area contributed by atoms with Gasteiger partial charge < -0.3 is 15.4 Å². The van der Waals surface area contributed by atoms with Gasteiger partial charge in [0, 0.05) is 28.7 Å². The first-order chi connectivity index (χ1) is 9.93. The van der Waals surface area contributed by atoms with E-state index < -0.39 is 6.10 Å². The second-order valence-electron chi connectivity index (χ2n) is 5.80. The molecule has 3 N–H and O–H groups in total. The number of hydrogen-bond donors (Lipinski definition) is 3. The minimum atomic E-state index is -0.501. The molecule has 1 aromatic heterocycles. The van der Waals surface area contributed by atoms with E-state index in [2.05, 4.69) is 10.3 Å². The van der Waals surface area contributed by atoms with Gasteiger partial charge in [0.15, 0.2) is 0 Å². The summed E-state index contributed by atoms with van der Waals surface area (Å²) in [5.41, 5.74) is 3.95. The van der Waals surface area contributed by atoms with Crippen LogP contribution in [0.15, 0.2) is 18.2 Å². The first-order valence-electron chi connectivity index (χ1n) is 7.49. The molecule has 4 nitrogen and oxygen atoms in total. The molecular weight excluding hydrogens is 264 g/mol. The molecule has 0 saturated heterocycles. The number of H-pyrrole nitrogens is 1. The van der Waals surface area contributed by atoms with E-state index in [0.29, 0.717) is 5.56 Å². The van der Waals surface area contributed by atoms with Crippen LogP contribution in [0.4, 0.5) is 0 Å². The number of rotatable bonds is 5. The van der Waals surface area contributed by atoms with Crippen LogP contribution in [0.1, 0.15) is 41.9 Å². The topological polar surface area (TPSA) is 65.1 Å². The molecular formula is C17H24N2O2. The van der Waals surface area contributed by atoms with E-state index in [0.717, 1.165) is 23.0 Å². The van der Waals surface area contributed by atoms with Gasteiger partial charge in [-0.15, -0.1) is 0 Å². The van der Waals surface area contributed by atoms with Gasteiger partial charge in [-0.05, 0) is 43.5 Å². The highest BCUT2D eigenvalue weighted by Gasteiger charge is 2.15. The summed E-state index contributed by atoms with van der Waals surface area (Å²) in [6.07, 6.45) is 0.393. The van der Waals surface area contributed by atoms with Crippen LogP contribution in [0.25, 0.3) is 10.9 Å². The fraction of sp³-hybridized carbons (Fsp3) is 0.471. The molecule has 0 saturated carbocycles. The lowest BCUT2D eigenvalue weighted by atomic mass is 10.0. The Kier molecular flexibility index (Phi) is 4.68. The molecule has 2 rings (SSSR count). The van der Waals surface area contributed by atoms with Crippen LogP contribution in [-0.4, -0.2) is 28.6 Å². The SMILES string of the molecule is CCC(C)C(O)CNC(=O)c1ccc2[nH]c(C)c(C)c2c1. The number of benzene rings is 1. The zero-order chi connectivity index (χ0) is 15.6. The molecule has 0 aliphatic rings. The number of hydrogen-bond acceptors (Lipinski definition) is 2. The quantitative estimate of drug-likeness (QED) is 0.792. The van der Waals surface area contributed by atoms with Crippen molar-refractivity contribution >= 4 is 16.8 Å². The van der Waals surface area contributed by atoms with Gasteiger partial charge in [-0.2, -0.15) is 0 Å². The van der Waals surface area contributed by atoms with Crippen LogP contribution < -0.4 is 5.32 Å². The van der Waals surface area contributed by atoms with Crippen LogP contribution >= 0.6 is 0 Å². The first-order valence-corrected chi connectivity index (χ1v) is 7.49. The minimum Gasteiger partial charge on any atom is -0.391 e. The third-order valence-corrected chi connectivity index (χ3v) is 4.34. The van der Waals surface area contributed by atoms with Crippen molar-refractivity contribution in [3.8, 4) is 0 Å². The van der Waals surface area contributed by atoms with Crippen molar-refractivity contribution in [1.29, 1.82) is 0 Å². The van der Waals surface area contributed by atoms with Crippen molar-refractivity contribution in [3.63, 3.8) is 0 Å². The van der Waals surface area contributed by atoms with Crippen LogP contribution in [0.5, 0.6) is 0 Å². The molecule has 0 aliphatic heterocycles. The van der Waals surface area contributed by atoms with Crippen LogP contribution in [0.3, 0.4) is 0 Å². The Balaban J connectivity index is 2.11. The molecule has 0 bridgehead atoms. The average Bonchev–Trinajstić information content (AvgIpc) is 2.78. The number of aliphatic hydroxyl groups is 1. The van der Waals surface area contributed by atoms with Crippen LogP contribution in [0, 0.1) is 19.8 Å². The summed E-state index contributed by atoms with van der Waals surface area (Å²) in [5, 5.41) is 13.8. The number of carbonyl (C=O) groups is 1. The Labute approximate surface area is 125 Å². The van der Waals surface area contributed by atoms with Gasteiger partial charge >= 0.3 is 0 Å². The number of fused-ring (bicyclic) bond motifs is 1. The lowest BCUT2D eigenvalue weighted by molar-refractivity contribution is 0.0850. The first kappa shape index (κ1) is 15.6. The summed E-state index contributed by atoms with van der Waals surface area (Å²) >= 11 is 0. The van der Waals surface area contributed by atoms with E-state index in [1.165, 1.54) is 5.56 Å². The van der Waals surface area contributed by atoms with Crippen molar-refractivity contribution in [1.82, 2.24) is 10.3 Å². The number of aromatic nitrogens is 1. The summed E-state index contributed by atoms with van der Waals surface area (Å²) in [6.45, 7) is 8.37. The molecule has 114 valence electrons. The second kappa shape index (κ2) is 6.31. The largest absolute Gasteiger partial charge is 0.391 e. The fourth-order valence-corrected chi connectivity index (χ4v) is 2.38. The molecule has 2 aromatic rings. The van der Waals surface area contributed by atoms with E-state index >= 15 is 0 Å². The molecule has 2 atom stereocenters. The summed E-state index contributed by atoms with van der Waals surface area (Å²) in [5.74, 6) is 0.0415. The Hall–Kier alpha value is -1.81. The molecule has 1 amide bonds. The maximum Gasteiger partial charge on any atom is 0.251 e. The average molecular weight is 288 g/mol. The van der Waals surface area contributed by atoms with E-state index in [-0.39, 0.29) is 18.4 Å². The van der Waals surface area contributed by atoms with Crippen molar-refractivity contribution in [2.24, 2.45) is 5.92 Å². The predicted molar refractivity (Wildman–Crippen MR) is 85.6 cm³/mol. The Morgan fingerprint density at radius 3 is 2.76 bits per heavy atom. The monoisotopic (exact) mass is 288 g/mol. The molecule has 0 radical (unpaired) electrons. The summed E-state index contributed by atoms with van der Waals surface area (Å²) < 4.78 is 0. The Bertz CT molecular complexity index is 646. The molecule has 0 aliphatic carbocycles. The highest BCUT2D eigenvalue weighted by molar-refractivity contribution is 5.99. The number of aryl methyl sites for hydroxylation is 2. The standard InChI is InChI=1S/C17H24N2O2/c1-5-10(2)16(20)9-18-17(21)13-6-7-15-14(8-13)11(3)12(4)19-15/h6-8,10,16,19-20H,5,9H2,1-4H3,(H,18,21). The highest BCUT2D eigenvalue weighted by atomic mass is 16.3. The maximum absolute atomic E-state index is 12.2. The molecule has 2 unspecified atom stereocenters. The van der Waals surface area contributed by atoms with Gasteiger partial charge in [0.25, 0.3) is 5.91 Å². The van der Waals surface area contributed by atoms with Crippen molar-refractivity contribution in [3.05, 3.63) is 35.0 Å². The molecule has 0 fully saturated rings. The summed E-state index contributed by atoms with van der Waals surface area (Å²) in [4.78, 5) is 15.5. The molecule has 0 spiro atoms.